The zero-order valence-corrected chi connectivity index (χ0v) is 18.9. The first-order valence-electron chi connectivity index (χ1n) is 11.0. The van der Waals surface area contributed by atoms with Gasteiger partial charge in [-0.3, -0.25) is 19.2 Å². The second-order valence-electron chi connectivity index (χ2n) is 8.34. The number of nitrogens with zero attached hydrogens (tertiary/aromatic N) is 4. The van der Waals surface area contributed by atoms with Gasteiger partial charge in [0.15, 0.2) is 11.4 Å². The number of likely N-dealkylation sites (N-methyl/N-ethyl adjacent to an activating group) is 1. The molecule has 0 saturated carbocycles. The number of carboxylic acid groups (broad SMARTS) is 1. The lowest BCUT2D eigenvalue weighted by molar-refractivity contribution is 0.0876. The molecule has 1 amide bonds. The van der Waals surface area contributed by atoms with Crippen LogP contribution >= 0.6 is 0 Å². The third-order valence-corrected chi connectivity index (χ3v) is 6.06. The Morgan fingerprint density at radius 1 is 1.09 bits per heavy atom. The fourth-order valence-electron chi connectivity index (χ4n) is 4.12. The first-order valence-corrected chi connectivity index (χ1v) is 11.0. The molecule has 174 valence electrons. The maximum Gasteiger partial charge on any atom is 0.420 e. The van der Waals surface area contributed by atoms with E-state index >= 15 is 0 Å². The lowest BCUT2D eigenvalue weighted by atomic mass is 10.1. The van der Waals surface area contributed by atoms with Crippen molar-refractivity contribution in [1.82, 2.24) is 14.4 Å². The van der Waals surface area contributed by atoms with E-state index in [9.17, 15) is 19.5 Å². The highest BCUT2D eigenvalue weighted by atomic mass is 16.4. The van der Waals surface area contributed by atoms with Crippen molar-refractivity contribution in [2.45, 2.75) is 13.5 Å². The summed E-state index contributed by atoms with van der Waals surface area (Å²) in [7, 11) is 2.07. The molecular formula is C24H28N4O5. The Kier molecular flexibility index (Phi) is 6.62. The van der Waals surface area contributed by atoms with E-state index in [4.69, 9.17) is 4.42 Å². The van der Waals surface area contributed by atoms with E-state index in [0.717, 1.165) is 31.7 Å². The van der Waals surface area contributed by atoms with Crippen molar-refractivity contribution < 1.29 is 19.1 Å². The third-order valence-electron chi connectivity index (χ3n) is 6.06. The average Bonchev–Trinajstić information content (AvgIpc) is 3.10. The number of Topliss-reactive ketones (excluding diaryl/α,β-unsaturated/α-hetero) is 1. The molecule has 0 atom stereocenters. The lowest BCUT2D eigenvalue weighted by Gasteiger charge is -2.31. The summed E-state index contributed by atoms with van der Waals surface area (Å²) >= 11 is 0. The largest absolute Gasteiger partial charge is 0.465 e. The van der Waals surface area contributed by atoms with Gasteiger partial charge in [-0.2, -0.15) is 0 Å². The molecule has 0 aliphatic carbocycles. The Balaban J connectivity index is 1.54. The standard InChI is InChI=1S/C24H28N4O5/c1-3-27(23(30)31)19-6-4-5-17(13-19)15-28-20-8-7-18(14-22(20)33-24(28)32)21(29)16-26-11-9-25(2)10-12-26/h4-8,13-14H,3,9-12,15-16H2,1-2H3,(H,30,31). The Bertz CT molecular complexity index is 1220. The lowest BCUT2D eigenvalue weighted by Crippen LogP contribution is -2.46. The summed E-state index contributed by atoms with van der Waals surface area (Å²) in [5, 5.41) is 9.37. The van der Waals surface area contributed by atoms with Crippen LogP contribution in [0.5, 0.6) is 0 Å². The number of hydrogen-bond donors (Lipinski definition) is 1. The number of ketones is 1. The van der Waals surface area contributed by atoms with E-state index in [1.165, 1.54) is 9.47 Å². The Morgan fingerprint density at radius 3 is 2.55 bits per heavy atom. The van der Waals surface area contributed by atoms with Crippen molar-refractivity contribution in [3.05, 3.63) is 64.1 Å². The molecule has 1 saturated heterocycles. The van der Waals surface area contributed by atoms with Gasteiger partial charge in [0.2, 0.25) is 0 Å². The summed E-state index contributed by atoms with van der Waals surface area (Å²) < 4.78 is 6.92. The second kappa shape index (κ2) is 9.60. The average molecular weight is 453 g/mol. The van der Waals surface area contributed by atoms with E-state index in [2.05, 4.69) is 16.8 Å². The van der Waals surface area contributed by atoms with Crippen LogP contribution in [0.2, 0.25) is 0 Å². The SMILES string of the molecule is CCN(C(=O)O)c1cccc(Cn2c(=O)oc3cc(C(=O)CN4CCN(C)CC4)ccc32)c1. The number of piperazine rings is 1. The van der Waals surface area contributed by atoms with E-state index in [1.54, 1.807) is 43.3 Å². The van der Waals surface area contributed by atoms with Gasteiger partial charge < -0.3 is 14.4 Å². The summed E-state index contributed by atoms with van der Waals surface area (Å²) in [6.07, 6.45) is -1.03. The maximum atomic E-state index is 12.8. The summed E-state index contributed by atoms with van der Waals surface area (Å²) in [5.74, 6) is -0.525. The monoisotopic (exact) mass is 452 g/mol. The summed E-state index contributed by atoms with van der Waals surface area (Å²) in [6, 6.07) is 12.2. The molecule has 3 aromatic rings. The number of rotatable bonds is 7. The van der Waals surface area contributed by atoms with Crippen molar-refractivity contribution in [2.75, 3.05) is 51.2 Å². The molecule has 0 spiro atoms. The predicted octanol–water partition coefficient (Wildman–Crippen LogP) is 2.58. The molecule has 1 aromatic heterocycles. The number of carbonyl (C=O) groups is 2. The molecular weight excluding hydrogens is 424 g/mol. The maximum absolute atomic E-state index is 12.8. The molecule has 9 nitrogen and oxygen atoms in total. The molecule has 33 heavy (non-hydrogen) atoms. The minimum absolute atomic E-state index is 0.00196. The molecule has 1 fully saturated rings. The Morgan fingerprint density at radius 2 is 1.85 bits per heavy atom. The van der Waals surface area contributed by atoms with Crippen LogP contribution in [0.15, 0.2) is 51.7 Å². The number of fused-ring (bicyclic) bond motifs is 1. The molecule has 2 heterocycles. The summed E-state index contributed by atoms with van der Waals surface area (Å²) in [6.45, 7) is 6.23. The Hall–Kier alpha value is -3.43. The quantitative estimate of drug-likeness (QED) is 0.550. The van der Waals surface area contributed by atoms with Gasteiger partial charge >= 0.3 is 11.8 Å². The third kappa shape index (κ3) is 4.99. The number of amides is 1. The zero-order valence-electron chi connectivity index (χ0n) is 18.9. The highest BCUT2D eigenvalue weighted by molar-refractivity contribution is 6.00. The molecule has 2 aromatic carbocycles. The van der Waals surface area contributed by atoms with E-state index in [-0.39, 0.29) is 12.3 Å². The molecule has 4 rings (SSSR count). The topological polar surface area (TPSA) is 99.2 Å². The smallest absolute Gasteiger partial charge is 0.420 e. The van der Waals surface area contributed by atoms with Gasteiger partial charge in [-0.1, -0.05) is 12.1 Å². The fraction of sp³-hybridized carbons (Fsp3) is 0.375. The van der Waals surface area contributed by atoms with Crippen LogP contribution in [-0.2, 0) is 6.54 Å². The van der Waals surface area contributed by atoms with Crippen LogP contribution in [0.25, 0.3) is 11.1 Å². The number of anilines is 1. The number of hydrogen-bond acceptors (Lipinski definition) is 6. The number of benzene rings is 2. The highest BCUT2D eigenvalue weighted by Crippen LogP contribution is 2.20. The van der Waals surface area contributed by atoms with Gasteiger partial charge in [-0.05, 0) is 49.9 Å². The van der Waals surface area contributed by atoms with Gasteiger partial charge in [0.1, 0.15) is 0 Å². The van der Waals surface area contributed by atoms with Crippen molar-refractivity contribution in [3.8, 4) is 0 Å². The normalized spacial score (nSPS) is 15.1. The molecule has 0 unspecified atom stereocenters. The molecule has 1 aliphatic rings. The van der Waals surface area contributed by atoms with Gasteiger partial charge in [0.05, 0.1) is 18.6 Å². The van der Waals surface area contributed by atoms with E-state index in [1.807, 2.05) is 6.07 Å². The number of aromatic nitrogens is 1. The van der Waals surface area contributed by atoms with Crippen LogP contribution in [0.4, 0.5) is 10.5 Å². The van der Waals surface area contributed by atoms with Gasteiger partial charge in [0, 0.05) is 44.0 Å². The van der Waals surface area contributed by atoms with E-state index in [0.29, 0.717) is 35.4 Å². The summed E-state index contributed by atoms with van der Waals surface area (Å²) in [4.78, 5) is 42.4. The van der Waals surface area contributed by atoms with Gasteiger partial charge in [-0.15, -0.1) is 0 Å². The van der Waals surface area contributed by atoms with Crippen molar-refractivity contribution in [1.29, 1.82) is 0 Å². The first kappa shape index (κ1) is 22.8. The molecule has 0 bridgehead atoms. The number of oxazole rings is 1. The minimum Gasteiger partial charge on any atom is -0.465 e. The van der Waals surface area contributed by atoms with Crippen molar-refractivity contribution in [2.24, 2.45) is 0 Å². The van der Waals surface area contributed by atoms with E-state index < -0.39 is 11.8 Å². The second-order valence-corrected chi connectivity index (χ2v) is 8.34. The van der Waals surface area contributed by atoms with Crippen molar-refractivity contribution in [3.63, 3.8) is 0 Å². The first-order chi connectivity index (χ1) is 15.9. The summed E-state index contributed by atoms with van der Waals surface area (Å²) in [5.41, 5.74) is 2.78. The molecule has 9 heteroatoms. The van der Waals surface area contributed by atoms with Crippen molar-refractivity contribution >= 4 is 28.7 Å². The van der Waals surface area contributed by atoms with Crippen LogP contribution in [0.3, 0.4) is 0 Å². The van der Waals surface area contributed by atoms with Gasteiger partial charge in [0.25, 0.3) is 0 Å². The Labute approximate surface area is 191 Å². The number of carbonyl (C=O) groups excluding carboxylic acids is 1. The molecule has 1 aliphatic heterocycles. The minimum atomic E-state index is -1.03. The fourth-order valence-corrected chi connectivity index (χ4v) is 4.12. The van der Waals surface area contributed by atoms with Crippen LogP contribution in [0.1, 0.15) is 22.8 Å². The van der Waals surface area contributed by atoms with Crippen LogP contribution < -0.4 is 10.7 Å². The highest BCUT2D eigenvalue weighted by Gasteiger charge is 2.19. The van der Waals surface area contributed by atoms with Crippen LogP contribution in [-0.4, -0.2) is 77.7 Å². The molecule has 1 N–H and O–H groups in total. The van der Waals surface area contributed by atoms with Crippen LogP contribution in [0, 0.1) is 0 Å². The predicted molar refractivity (Wildman–Crippen MR) is 125 cm³/mol. The molecule has 0 radical (unpaired) electrons. The zero-order chi connectivity index (χ0) is 23.5. The van der Waals surface area contributed by atoms with Gasteiger partial charge in [-0.25, -0.2) is 9.59 Å².